The molecule has 0 spiro atoms. The van der Waals surface area contributed by atoms with Gasteiger partial charge in [0.15, 0.2) is 0 Å². The number of nitrogens with zero attached hydrogens (tertiary/aromatic N) is 2. The molecule has 1 aliphatic rings. The smallest absolute Gasteiger partial charge is 0.269 e. The van der Waals surface area contributed by atoms with Gasteiger partial charge in [-0.3, -0.25) is 10.1 Å². The van der Waals surface area contributed by atoms with Gasteiger partial charge in [-0.2, -0.15) is 0 Å². The van der Waals surface area contributed by atoms with Crippen LogP contribution in [0.5, 0.6) is 0 Å². The second-order valence-corrected chi connectivity index (χ2v) is 4.66. The highest BCUT2D eigenvalue weighted by Gasteiger charge is 2.19. The van der Waals surface area contributed by atoms with Crippen LogP contribution in [0.25, 0.3) is 6.08 Å². The van der Waals surface area contributed by atoms with Crippen molar-refractivity contribution < 1.29 is 10.0 Å². The van der Waals surface area contributed by atoms with Gasteiger partial charge in [0.2, 0.25) is 0 Å². The molecule has 2 aromatic rings. The average Bonchev–Trinajstić information content (AvgIpc) is 2.51. The third-order valence-corrected chi connectivity index (χ3v) is 3.29. The Morgan fingerprint density at radius 3 is 2.52 bits per heavy atom. The summed E-state index contributed by atoms with van der Waals surface area (Å²) in [7, 11) is 0. The van der Waals surface area contributed by atoms with E-state index in [1.54, 1.807) is 18.2 Å². The Morgan fingerprint density at radius 2 is 1.81 bits per heavy atom. The van der Waals surface area contributed by atoms with Crippen LogP contribution in [0.2, 0.25) is 0 Å². The van der Waals surface area contributed by atoms with Crippen molar-refractivity contribution in [1.29, 1.82) is 0 Å². The van der Waals surface area contributed by atoms with E-state index in [0.717, 1.165) is 11.1 Å². The van der Waals surface area contributed by atoms with Crippen molar-refractivity contribution in [2.45, 2.75) is 6.10 Å². The topological polar surface area (TPSA) is 75.7 Å². The van der Waals surface area contributed by atoms with E-state index in [1.807, 2.05) is 30.3 Å². The number of fused-ring (bicyclic) bond motifs is 1. The SMILES string of the molecule is O=[N+]([O-])c1ccc(/N=C2\c3ccccc3C=CC2O)cc1. The number of hydrogen-bond acceptors (Lipinski definition) is 4. The number of hydrogen-bond donors (Lipinski definition) is 1. The Morgan fingerprint density at radius 1 is 1.10 bits per heavy atom. The molecule has 3 rings (SSSR count). The minimum absolute atomic E-state index is 0.0171. The molecule has 1 unspecified atom stereocenters. The van der Waals surface area contributed by atoms with Crippen LogP contribution in [0.3, 0.4) is 0 Å². The standard InChI is InChI=1S/C16H12N2O3/c19-15-10-5-11-3-1-2-4-14(11)16(15)17-12-6-8-13(9-7-12)18(20)21/h1-10,15,19H/b17-16+. The molecule has 0 heterocycles. The molecule has 5 nitrogen and oxygen atoms in total. The molecule has 104 valence electrons. The van der Waals surface area contributed by atoms with Gasteiger partial charge in [0.1, 0.15) is 6.10 Å². The number of nitro groups is 1. The van der Waals surface area contributed by atoms with E-state index >= 15 is 0 Å². The number of rotatable bonds is 2. The first-order chi connectivity index (χ1) is 10.1. The van der Waals surface area contributed by atoms with Crippen molar-refractivity contribution in [1.82, 2.24) is 0 Å². The fourth-order valence-electron chi connectivity index (χ4n) is 2.24. The van der Waals surface area contributed by atoms with Crippen molar-refractivity contribution in [3.63, 3.8) is 0 Å². The van der Waals surface area contributed by atoms with Gasteiger partial charge in [0.25, 0.3) is 5.69 Å². The zero-order chi connectivity index (χ0) is 14.8. The molecule has 0 amide bonds. The number of nitro benzene ring substituents is 1. The van der Waals surface area contributed by atoms with Gasteiger partial charge in [-0.25, -0.2) is 4.99 Å². The van der Waals surface area contributed by atoms with E-state index in [1.165, 1.54) is 12.1 Å². The molecule has 0 fully saturated rings. The molecule has 0 aliphatic heterocycles. The number of non-ortho nitro benzene ring substituents is 1. The number of aliphatic hydroxyl groups excluding tert-OH is 1. The maximum atomic E-state index is 10.6. The summed E-state index contributed by atoms with van der Waals surface area (Å²) in [5, 5.41) is 20.7. The lowest BCUT2D eigenvalue weighted by molar-refractivity contribution is -0.384. The van der Waals surface area contributed by atoms with Crippen molar-refractivity contribution in [2.24, 2.45) is 4.99 Å². The van der Waals surface area contributed by atoms with Crippen molar-refractivity contribution >= 4 is 23.2 Å². The molecule has 0 bridgehead atoms. The summed E-state index contributed by atoms with van der Waals surface area (Å²) in [6.07, 6.45) is 2.75. The molecule has 0 saturated carbocycles. The van der Waals surface area contributed by atoms with Crippen LogP contribution in [-0.4, -0.2) is 21.8 Å². The summed E-state index contributed by atoms with van der Waals surface area (Å²) < 4.78 is 0. The molecule has 21 heavy (non-hydrogen) atoms. The first kappa shape index (κ1) is 13.2. The van der Waals surface area contributed by atoms with Gasteiger partial charge >= 0.3 is 0 Å². The third-order valence-electron chi connectivity index (χ3n) is 3.29. The second kappa shape index (κ2) is 5.30. The Bertz CT molecular complexity index is 748. The minimum Gasteiger partial charge on any atom is -0.383 e. The van der Waals surface area contributed by atoms with Gasteiger partial charge in [0, 0.05) is 17.7 Å². The fourth-order valence-corrected chi connectivity index (χ4v) is 2.24. The Hall–Kier alpha value is -2.79. The number of benzene rings is 2. The summed E-state index contributed by atoms with van der Waals surface area (Å²) in [6, 6.07) is 13.6. The lowest BCUT2D eigenvalue weighted by atomic mass is 9.93. The van der Waals surface area contributed by atoms with E-state index in [2.05, 4.69) is 4.99 Å². The molecule has 2 aromatic carbocycles. The predicted molar refractivity (Wildman–Crippen MR) is 80.8 cm³/mol. The van der Waals surface area contributed by atoms with E-state index in [-0.39, 0.29) is 5.69 Å². The third kappa shape index (κ3) is 2.59. The molecule has 0 saturated heterocycles. The summed E-state index contributed by atoms with van der Waals surface area (Å²) >= 11 is 0. The van der Waals surface area contributed by atoms with Gasteiger partial charge < -0.3 is 5.11 Å². The molecular formula is C16H12N2O3. The Balaban J connectivity index is 2.02. The van der Waals surface area contributed by atoms with Crippen molar-refractivity contribution in [3.05, 3.63) is 75.8 Å². The summed E-state index contributed by atoms with van der Waals surface area (Å²) in [5.74, 6) is 0. The van der Waals surface area contributed by atoms with E-state index < -0.39 is 11.0 Å². The van der Waals surface area contributed by atoms with Crippen LogP contribution in [0.4, 0.5) is 11.4 Å². The molecule has 0 aromatic heterocycles. The van der Waals surface area contributed by atoms with Crippen LogP contribution in [0.1, 0.15) is 11.1 Å². The quantitative estimate of drug-likeness (QED) is 0.678. The Labute approximate surface area is 121 Å². The zero-order valence-corrected chi connectivity index (χ0v) is 11.0. The first-order valence-corrected chi connectivity index (χ1v) is 6.44. The van der Waals surface area contributed by atoms with E-state index in [0.29, 0.717) is 11.4 Å². The van der Waals surface area contributed by atoms with Crippen LogP contribution < -0.4 is 0 Å². The normalized spacial score (nSPS) is 18.5. The molecule has 1 aliphatic carbocycles. The van der Waals surface area contributed by atoms with Crippen LogP contribution in [0.15, 0.2) is 59.6 Å². The monoisotopic (exact) mass is 280 g/mol. The fraction of sp³-hybridized carbons (Fsp3) is 0.0625. The average molecular weight is 280 g/mol. The largest absolute Gasteiger partial charge is 0.383 e. The lowest BCUT2D eigenvalue weighted by Gasteiger charge is -2.17. The van der Waals surface area contributed by atoms with E-state index in [4.69, 9.17) is 0 Å². The predicted octanol–water partition coefficient (Wildman–Crippen LogP) is 3.10. The van der Waals surface area contributed by atoms with Gasteiger partial charge in [-0.05, 0) is 23.8 Å². The van der Waals surface area contributed by atoms with Crippen molar-refractivity contribution in [3.8, 4) is 0 Å². The number of aliphatic imine (C=N–C) groups is 1. The highest BCUT2D eigenvalue weighted by molar-refractivity contribution is 6.10. The van der Waals surface area contributed by atoms with Crippen LogP contribution in [0, 0.1) is 10.1 Å². The lowest BCUT2D eigenvalue weighted by Crippen LogP contribution is -2.22. The van der Waals surface area contributed by atoms with Gasteiger partial charge in [0.05, 0.1) is 16.3 Å². The molecular weight excluding hydrogens is 268 g/mol. The second-order valence-electron chi connectivity index (χ2n) is 4.66. The highest BCUT2D eigenvalue weighted by atomic mass is 16.6. The molecule has 1 atom stereocenters. The maximum absolute atomic E-state index is 10.6. The summed E-state index contributed by atoms with van der Waals surface area (Å²) in [5.41, 5.74) is 2.99. The molecule has 5 heteroatoms. The molecule has 1 N–H and O–H groups in total. The van der Waals surface area contributed by atoms with Crippen LogP contribution >= 0.6 is 0 Å². The van der Waals surface area contributed by atoms with E-state index in [9.17, 15) is 15.2 Å². The Kier molecular flexibility index (Phi) is 3.33. The minimum atomic E-state index is -0.782. The van der Waals surface area contributed by atoms with Gasteiger partial charge in [-0.1, -0.05) is 30.3 Å². The summed E-state index contributed by atoms with van der Waals surface area (Å²) in [6.45, 7) is 0. The highest BCUT2D eigenvalue weighted by Crippen LogP contribution is 2.24. The summed E-state index contributed by atoms with van der Waals surface area (Å²) in [4.78, 5) is 14.6. The van der Waals surface area contributed by atoms with Crippen LogP contribution in [-0.2, 0) is 0 Å². The maximum Gasteiger partial charge on any atom is 0.269 e. The first-order valence-electron chi connectivity index (χ1n) is 6.44. The van der Waals surface area contributed by atoms with Gasteiger partial charge in [-0.15, -0.1) is 0 Å². The molecule has 0 radical (unpaired) electrons. The number of aliphatic hydroxyl groups is 1. The zero-order valence-electron chi connectivity index (χ0n) is 11.0. The van der Waals surface area contributed by atoms with Crippen molar-refractivity contribution in [2.75, 3.05) is 0 Å².